The number of furan rings is 1. The van der Waals surface area contributed by atoms with Gasteiger partial charge < -0.3 is 9.73 Å². The zero-order chi connectivity index (χ0) is 13.8. The van der Waals surface area contributed by atoms with Gasteiger partial charge in [-0.15, -0.1) is 0 Å². The van der Waals surface area contributed by atoms with E-state index in [1.807, 2.05) is 18.2 Å². The fraction of sp³-hybridized carbons (Fsp3) is 0.375. The van der Waals surface area contributed by atoms with Crippen LogP contribution in [-0.4, -0.2) is 6.54 Å². The summed E-state index contributed by atoms with van der Waals surface area (Å²) >= 11 is 0. The van der Waals surface area contributed by atoms with Crippen LogP contribution in [0.25, 0.3) is 11.3 Å². The normalized spacial score (nSPS) is 12.6. The third-order valence-corrected chi connectivity index (χ3v) is 3.27. The van der Waals surface area contributed by atoms with Gasteiger partial charge >= 0.3 is 0 Å². The molecule has 102 valence electrons. The number of aryl methyl sites for hydroxylation is 1. The summed E-state index contributed by atoms with van der Waals surface area (Å²) in [5.41, 5.74) is 1.55. The largest absolute Gasteiger partial charge is 0.459 e. The van der Waals surface area contributed by atoms with Crippen molar-refractivity contribution in [2.75, 3.05) is 6.54 Å². The van der Waals surface area contributed by atoms with Crippen LogP contribution in [0.4, 0.5) is 4.39 Å². The lowest BCUT2D eigenvalue weighted by molar-refractivity contribution is 0.417. The Morgan fingerprint density at radius 1 is 1.21 bits per heavy atom. The highest BCUT2D eigenvalue weighted by atomic mass is 19.1. The van der Waals surface area contributed by atoms with Gasteiger partial charge in [0.1, 0.15) is 17.3 Å². The molecule has 1 N–H and O–H groups in total. The molecule has 2 aromatic rings. The first kappa shape index (κ1) is 13.8. The Bertz CT molecular complexity index is 547. The molecule has 0 aliphatic rings. The first-order valence-electron chi connectivity index (χ1n) is 6.75. The van der Waals surface area contributed by atoms with Crippen molar-refractivity contribution in [1.82, 2.24) is 5.32 Å². The molecular formula is C16H20FNO. The topological polar surface area (TPSA) is 25.2 Å². The van der Waals surface area contributed by atoms with Crippen LogP contribution in [0.5, 0.6) is 0 Å². The molecule has 1 aromatic carbocycles. The average molecular weight is 261 g/mol. The van der Waals surface area contributed by atoms with Gasteiger partial charge in [0, 0.05) is 5.56 Å². The van der Waals surface area contributed by atoms with E-state index < -0.39 is 0 Å². The van der Waals surface area contributed by atoms with Gasteiger partial charge in [-0.2, -0.15) is 0 Å². The maximum absolute atomic E-state index is 13.3. The lowest BCUT2D eigenvalue weighted by Gasteiger charge is -2.12. The summed E-state index contributed by atoms with van der Waals surface area (Å²) in [5, 5.41) is 3.38. The summed E-state index contributed by atoms with van der Waals surface area (Å²) in [5.74, 6) is 1.53. The fourth-order valence-electron chi connectivity index (χ4n) is 2.19. The Hall–Kier alpha value is -1.61. The monoisotopic (exact) mass is 261 g/mol. The molecule has 0 spiro atoms. The Labute approximate surface area is 113 Å². The number of benzene rings is 1. The van der Waals surface area contributed by atoms with Crippen molar-refractivity contribution in [3.63, 3.8) is 0 Å². The maximum Gasteiger partial charge on any atom is 0.134 e. The first-order chi connectivity index (χ1) is 9.15. The molecule has 1 heterocycles. The Morgan fingerprint density at radius 3 is 2.63 bits per heavy atom. The van der Waals surface area contributed by atoms with Crippen LogP contribution in [-0.2, 0) is 0 Å². The molecule has 0 amide bonds. The van der Waals surface area contributed by atoms with Gasteiger partial charge in [0.2, 0.25) is 0 Å². The molecule has 0 bridgehead atoms. The predicted octanol–water partition coefficient (Wildman–Crippen LogP) is 4.45. The first-order valence-corrected chi connectivity index (χ1v) is 6.75. The molecule has 0 aliphatic heterocycles. The smallest absolute Gasteiger partial charge is 0.134 e. The maximum atomic E-state index is 13.3. The lowest BCUT2D eigenvalue weighted by Crippen LogP contribution is -2.19. The molecule has 1 aromatic heterocycles. The Balaban J connectivity index is 2.27. The van der Waals surface area contributed by atoms with Crippen molar-refractivity contribution >= 4 is 0 Å². The zero-order valence-corrected chi connectivity index (χ0v) is 11.7. The van der Waals surface area contributed by atoms with Crippen LogP contribution in [0.15, 0.2) is 34.7 Å². The minimum Gasteiger partial charge on any atom is -0.459 e. The highest BCUT2D eigenvalue weighted by Crippen LogP contribution is 2.27. The lowest BCUT2D eigenvalue weighted by atomic mass is 10.1. The molecule has 0 radical (unpaired) electrons. The SMILES string of the molecule is CCNC(CC)c1ccc(-c2ccc(F)c(C)c2)o1. The standard InChI is InChI=1S/C16H20FNO/c1-4-14(18-5-2)16-9-8-15(19-16)12-6-7-13(17)11(3)10-12/h6-10,14,18H,4-5H2,1-3H3. The zero-order valence-electron chi connectivity index (χ0n) is 11.7. The fourth-order valence-corrected chi connectivity index (χ4v) is 2.19. The predicted molar refractivity (Wildman–Crippen MR) is 75.5 cm³/mol. The molecule has 19 heavy (non-hydrogen) atoms. The van der Waals surface area contributed by atoms with Gasteiger partial charge in [0.05, 0.1) is 6.04 Å². The van der Waals surface area contributed by atoms with Gasteiger partial charge in [-0.1, -0.05) is 13.8 Å². The van der Waals surface area contributed by atoms with Gasteiger partial charge in [-0.3, -0.25) is 0 Å². The minimum absolute atomic E-state index is 0.186. The molecule has 2 nitrogen and oxygen atoms in total. The van der Waals surface area contributed by atoms with E-state index in [-0.39, 0.29) is 11.9 Å². The number of hydrogen-bond acceptors (Lipinski definition) is 2. The number of halogens is 1. The van der Waals surface area contributed by atoms with Crippen LogP contribution in [0, 0.1) is 12.7 Å². The van der Waals surface area contributed by atoms with Gasteiger partial charge in [0.25, 0.3) is 0 Å². The summed E-state index contributed by atoms with van der Waals surface area (Å²) in [6, 6.07) is 9.22. The quantitative estimate of drug-likeness (QED) is 0.860. The van der Waals surface area contributed by atoms with E-state index in [4.69, 9.17) is 4.42 Å². The molecule has 2 rings (SSSR count). The van der Waals surface area contributed by atoms with Crippen LogP contribution in [0.1, 0.15) is 37.6 Å². The molecule has 0 aliphatic carbocycles. The molecule has 3 heteroatoms. The van der Waals surface area contributed by atoms with E-state index in [0.29, 0.717) is 5.56 Å². The molecule has 0 saturated carbocycles. The van der Waals surface area contributed by atoms with Crippen LogP contribution < -0.4 is 5.32 Å². The van der Waals surface area contributed by atoms with Crippen molar-refractivity contribution in [3.8, 4) is 11.3 Å². The van der Waals surface area contributed by atoms with Gasteiger partial charge in [-0.25, -0.2) is 4.39 Å². The van der Waals surface area contributed by atoms with Crippen molar-refractivity contribution in [3.05, 3.63) is 47.5 Å². The van der Waals surface area contributed by atoms with Crippen molar-refractivity contribution in [2.45, 2.75) is 33.2 Å². The van der Waals surface area contributed by atoms with E-state index >= 15 is 0 Å². The van der Waals surface area contributed by atoms with Gasteiger partial charge in [-0.05, 0) is 55.8 Å². The average Bonchev–Trinajstić information content (AvgIpc) is 2.88. The van der Waals surface area contributed by atoms with E-state index in [1.165, 1.54) is 6.07 Å². The Kier molecular flexibility index (Phi) is 4.38. The number of rotatable bonds is 5. The van der Waals surface area contributed by atoms with Crippen LogP contribution >= 0.6 is 0 Å². The van der Waals surface area contributed by atoms with E-state index in [0.717, 1.165) is 30.0 Å². The third kappa shape index (κ3) is 3.04. The van der Waals surface area contributed by atoms with Crippen molar-refractivity contribution in [1.29, 1.82) is 0 Å². The van der Waals surface area contributed by atoms with Crippen molar-refractivity contribution < 1.29 is 8.81 Å². The summed E-state index contributed by atoms with van der Waals surface area (Å²) in [7, 11) is 0. The second-order valence-corrected chi connectivity index (χ2v) is 4.68. The minimum atomic E-state index is -0.186. The molecular weight excluding hydrogens is 241 g/mol. The summed E-state index contributed by atoms with van der Waals surface area (Å²) in [6.45, 7) is 6.87. The highest BCUT2D eigenvalue weighted by molar-refractivity contribution is 5.58. The number of nitrogens with one attached hydrogen (secondary N) is 1. The molecule has 1 unspecified atom stereocenters. The van der Waals surface area contributed by atoms with Crippen LogP contribution in [0.3, 0.4) is 0 Å². The second kappa shape index (κ2) is 6.02. The third-order valence-electron chi connectivity index (χ3n) is 3.27. The highest BCUT2D eigenvalue weighted by Gasteiger charge is 2.13. The second-order valence-electron chi connectivity index (χ2n) is 4.68. The van der Waals surface area contributed by atoms with Gasteiger partial charge in [0.15, 0.2) is 0 Å². The van der Waals surface area contributed by atoms with Crippen molar-refractivity contribution in [2.24, 2.45) is 0 Å². The Morgan fingerprint density at radius 2 is 2.00 bits per heavy atom. The summed E-state index contributed by atoms with van der Waals surface area (Å²) in [6.07, 6.45) is 0.975. The van der Waals surface area contributed by atoms with E-state index in [2.05, 4.69) is 19.2 Å². The van der Waals surface area contributed by atoms with E-state index in [1.54, 1.807) is 13.0 Å². The summed E-state index contributed by atoms with van der Waals surface area (Å²) < 4.78 is 19.1. The molecule has 1 atom stereocenters. The molecule has 0 fully saturated rings. The van der Waals surface area contributed by atoms with Crippen LogP contribution in [0.2, 0.25) is 0 Å². The van der Waals surface area contributed by atoms with E-state index in [9.17, 15) is 4.39 Å². The number of hydrogen-bond donors (Lipinski definition) is 1. The molecule has 0 saturated heterocycles. The summed E-state index contributed by atoms with van der Waals surface area (Å²) in [4.78, 5) is 0.